The Bertz CT molecular complexity index is 94.9. The van der Waals surface area contributed by atoms with E-state index in [1.165, 1.54) is 0 Å². The fourth-order valence-electron chi connectivity index (χ4n) is 0.342. The van der Waals surface area contributed by atoms with Gasteiger partial charge in [0.25, 0.3) is 5.91 Å². The highest BCUT2D eigenvalue weighted by Crippen LogP contribution is 2.01. The van der Waals surface area contributed by atoms with Gasteiger partial charge in [-0.1, -0.05) is 11.6 Å². The highest BCUT2D eigenvalue weighted by Gasteiger charge is 2.20. The lowest BCUT2D eigenvalue weighted by molar-refractivity contribution is -0.120. The molecule has 0 aromatic carbocycles. The summed E-state index contributed by atoms with van der Waals surface area (Å²) in [5, 5.41) is 2.38. The molecule has 1 fully saturated rings. The minimum atomic E-state index is -0.764. The quantitative estimate of drug-likeness (QED) is 0.445. The second-order valence-corrected chi connectivity index (χ2v) is 1.56. The molecule has 0 radical (unpaired) electrons. The third kappa shape index (κ3) is 0.838. The first-order chi connectivity index (χ1) is 3.30. The first-order valence-corrected chi connectivity index (χ1v) is 2.28. The summed E-state index contributed by atoms with van der Waals surface area (Å²) in [7, 11) is 0. The number of amides is 1. The number of alkyl halides is 1. The van der Waals surface area contributed by atoms with Gasteiger partial charge in [-0.3, -0.25) is 4.79 Å². The molecule has 1 N–H and O–H groups in total. The standard InChI is InChI=1S/C3H4ClNO2/c4-2-3(6)5-1-7-2/h2H,1H2,(H,5,6). The summed E-state index contributed by atoms with van der Waals surface area (Å²) < 4.78 is 4.57. The third-order valence-electron chi connectivity index (χ3n) is 0.682. The Morgan fingerprint density at radius 1 is 2.00 bits per heavy atom. The van der Waals surface area contributed by atoms with Crippen molar-refractivity contribution in [3.63, 3.8) is 0 Å². The predicted molar refractivity (Wildman–Crippen MR) is 23.7 cm³/mol. The fraction of sp³-hybridized carbons (Fsp3) is 0.667. The molecular weight excluding hydrogens is 117 g/mol. The van der Waals surface area contributed by atoms with Crippen molar-refractivity contribution in [3.8, 4) is 0 Å². The van der Waals surface area contributed by atoms with Gasteiger partial charge in [-0.25, -0.2) is 0 Å². The van der Waals surface area contributed by atoms with E-state index in [9.17, 15) is 4.79 Å². The van der Waals surface area contributed by atoms with Crippen molar-refractivity contribution in [1.82, 2.24) is 5.32 Å². The molecule has 1 heterocycles. The second kappa shape index (κ2) is 1.68. The largest absolute Gasteiger partial charge is 0.333 e. The lowest BCUT2D eigenvalue weighted by atomic mass is 10.7. The van der Waals surface area contributed by atoms with Crippen LogP contribution in [0.3, 0.4) is 0 Å². The van der Waals surface area contributed by atoms with E-state index in [0.29, 0.717) is 0 Å². The molecule has 1 aliphatic heterocycles. The van der Waals surface area contributed by atoms with Gasteiger partial charge in [0, 0.05) is 0 Å². The minimum Gasteiger partial charge on any atom is -0.333 e. The molecule has 1 aliphatic rings. The van der Waals surface area contributed by atoms with E-state index >= 15 is 0 Å². The molecule has 0 bridgehead atoms. The molecule has 0 aliphatic carbocycles. The van der Waals surface area contributed by atoms with Crippen LogP contribution in [0.25, 0.3) is 0 Å². The van der Waals surface area contributed by atoms with Crippen molar-refractivity contribution in [2.24, 2.45) is 0 Å². The summed E-state index contributed by atoms with van der Waals surface area (Å²) >= 11 is 5.23. The van der Waals surface area contributed by atoms with Gasteiger partial charge in [-0.2, -0.15) is 0 Å². The van der Waals surface area contributed by atoms with E-state index in [1.54, 1.807) is 0 Å². The van der Waals surface area contributed by atoms with Gasteiger partial charge in [0.1, 0.15) is 6.73 Å². The minimum absolute atomic E-state index is 0.243. The zero-order valence-electron chi connectivity index (χ0n) is 3.48. The van der Waals surface area contributed by atoms with E-state index < -0.39 is 5.56 Å². The molecule has 0 saturated carbocycles. The van der Waals surface area contributed by atoms with Crippen molar-refractivity contribution < 1.29 is 9.53 Å². The molecule has 0 aromatic heterocycles. The average molecular weight is 122 g/mol. The third-order valence-corrected chi connectivity index (χ3v) is 1.01. The number of carbonyl (C=O) groups is 1. The fourth-order valence-corrected chi connectivity index (χ4v) is 0.482. The van der Waals surface area contributed by atoms with E-state index in [-0.39, 0.29) is 12.6 Å². The van der Waals surface area contributed by atoms with Crippen LogP contribution in [0.2, 0.25) is 0 Å². The number of hydrogen-bond donors (Lipinski definition) is 1. The topological polar surface area (TPSA) is 38.3 Å². The van der Waals surface area contributed by atoms with Crippen LogP contribution in [0.5, 0.6) is 0 Å². The number of hydrogen-bond acceptors (Lipinski definition) is 2. The van der Waals surface area contributed by atoms with Gasteiger partial charge in [0.15, 0.2) is 0 Å². The summed E-state index contributed by atoms with van der Waals surface area (Å²) in [6, 6.07) is 0. The number of rotatable bonds is 0. The normalized spacial score (nSPS) is 30.4. The van der Waals surface area contributed by atoms with Gasteiger partial charge < -0.3 is 10.1 Å². The van der Waals surface area contributed by atoms with Crippen LogP contribution in [0, 0.1) is 0 Å². The maximum Gasteiger partial charge on any atom is 0.266 e. The Morgan fingerprint density at radius 3 is 2.86 bits per heavy atom. The lowest BCUT2D eigenvalue weighted by Crippen LogP contribution is -2.18. The molecule has 0 aromatic rings. The Morgan fingerprint density at radius 2 is 2.71 bits per heavy atom. The number of halogens is 1. The van der Waals surface area contributed by atoms with E-state index in [2.05, 4.69) is 10.1 Å². The molecule has 0 spiro atoms. The Hall–Kier alpha value is -0.280. The Kier molecular flexibility index (Phi) is 1.17. The monoisotopic (exact) mass is 121 g/mol. The Labute approximate surface area is 45.6 Å². The Balaban J connectivity index is 2.48. The van der Waals surface area contributed by atoms with Crippen molar-refractivity contribution in [1.29, 1.82) is 0 Å². The first-order valence-electron chi connectivity index (χ1n) is 1.84. The molecule has 1 unspecified atom stereocenters. The van der Waals surface area contributed by atoms with Crippen LogP contribution in [0.4, 0.5) is 0 Å². The van der Waals surface area contributed by atoms with E-state index in [1.807, 2.05) is 0 Å². The number of nitrogens with one attached hydrogen (secondary N) is 1. The average Bonchev–Trinajstić information content (AvgIpc) is 1.91. The van der Waals surface area contributed by atoms with Crippen LogP contribution < -0.4 is 5.32 Å². The summed E-state index contributed by atoms with van der Waals surface area (Å²) in [6.07, 6.45) is 0. The summed E-state index contributed by atoms with van der Waals surface area (Å²) in [5.74, 6) is -0.248. The van der Waals surface area contributed by atoms with Gasteiger partial charge >= 0.3 is 0 Å². The van der Waals surface area contributed by atoms with Crippen LogP contribution in [0.1, 0.15) is 0 Å². The maximum absolute atomic E-state index is 10.2. The first kappa shape index (κ1) is 4.87. The van der Waals surface area contributed by atoms with Gasteiger partial charge in [0.2, 0.25) is 5.56 Å². The molecule has 1 atom stereocenters. The predicted octanol–water partition coefficient (Wildman–Crippen LogP) is -0.345. The molecule has 40 valence electrons. The van der Waals surface area contributed by atoms with Crippen molar-refractivity contribution in [2.75, 3.05) is 6.73 Å². The second-order valence-electron chi connectivity index (χ2n) is 1.17. The zero-order chi connectivity index (χ0) is 5.28. The van der Waals surface area contributed by atoms with Gasteiger partial charge in [0.05, 0.1) is 0 Å². The van der Waals surface area contributed by atoms with E-state index in [4.69, 9.17) is 11.6 Å². The summed E-state index contributed by atoms with van der Waals surface area (Å²) in [4.78, 5) is 10.2. The molecule has 4 heteroatoms. The van der Waals surface area contributed by atoms with Crippen LogP contribution >= 0.6 is 11.6 Å². The summed E-state index contributed by atoms with van der Waals surface area (Å²) in [6.45, 7) is 0.243. The smallest absolute Gasteiger partial charge is 0.266 e. The zero-order valence-corrected chi connectivity index (χ0v) is 4.23. The molecule has 7 heavy (non-hydrogen) atoms. The van der Waals surface area contributed by atoms with Crippen LogP contribution in [-0.4, -0.2) is 18.2 Å². The highest BCUT2D eigenvalue weighted by molar-refractivity contribution is 6.30. The summed E-state index contributed by atoms with van der Waals surface area (Å²) in [5.41, 5.74) is -0.764. The van der Waals surface area contributed by atoms with Crippen LogP contribution in [0.15, 0.2) is 0 Å². The van der Waals surface area contributed by atoms with E-state index in [0.717, 1.165) is 0 Å². The maximum atomic E-state index is 10.2. The van der Waals surface area contributed by atoms with Crippen molar-refractivity contribution in [2.45, 2.75) is 5.56 Å². The molecule has 3 nitrogen and oxygen atoms in total. The molecule has 1 saturated heterocycles. The number of ether oxygens (including phenoxy) is 1. The highest BCUT2D eigenvalue weighted by atomic mass is 35.5. The number of carbonyl (C=O) groups excluding carboxylic acids is 1. The van der Waals surface area contributed by atoms with Crippen molar-refractivity contribution >= 4 is 17.5 Å². The molecular formula is C3H4ClNO2. The molecule has 1 rings (SSSR count). The van der Waals surface area contributed by atoms with Gasteiger partial charge in [-0.15, -0.1) is 0 Å². The lowest BCUT2D eigenvalue weighted by Gasteiger charge is -1.87. The molecule has 1 amide bonds. The van der Waals surface area contributed by atoms with Gasteiger partial charge in [-0.05, 0) is 0 Å². The SMILES string of the molecule is O=C1NCOC1Cl. The van der Waals surface area contributed by atoms with Crippen molar-refractivity contribution in [3.05, 3.63) is 0 Å². The van der Waals surface area contributed by atoms with Crippen LogP contribution in [-0.2, 0) is 9.53 Å².